The van der Waals surface area contributed by atoms with E-state index in [4.69, 9.17) is 10.5 Å². The number of nitrogens with zero attached hydrogens (tertiary/aromatic N) is 2. The largest absolute Gasteiger partial charge is 0.489 e. The molecule has 3 rings (SSSR count). The summed E-state index contributed by atoms with van der Waals surface area (Å²) in [6, 6.07) is 16.4. The summed E-state index contributed by atoms with van der Waals surface area (Å²) in [6.07, 6.45) is 3.64. The summed E-state index contributed by atoms with van der Waals surface area (Å²) in [6.45, 7) is 8.00. The lowest BCUT2D eigenvalue weighted by Crippen LogP contribution is -2.40. The van der Waals surface area contributed by atoms with E-state index < -0.39 is 0 Å². The molecule has 1 aliphatic rings. The minimum atomic E-state index is -0.188. The fourth-order valence-corrected chi connectivity index (χ4v) is 4.05. The number of nitrogens with one attached hydrogen (secondary N) is 2. The number of piperidine rings is 1. The highest BCUT2D eigenvalue weighted by atomic mass is 127. The van der Waals surface area contributed by atoms with Gasteiger partial charge in [0.2, 0.25) is 5.91 Å². The lowest BCUT2D eigenvalue weighted by Gasteiger charge is -2.31. The number of halogens is 1. The molecule has 1 amide bonds. The number of aliphatic imine (C=N–C) groups is 1. The number of likely N-dealkylation sites (tertiary alicyclic amines) is 1. The maximum atomic E-state index is 11.6. The molecule has 0 aliphatic carbocycles. The van der Waals surface area contributed by atoms with E-state index >= 15 is 0 Å². The third-order valence-electron chi connectivity index (χ3n) is 5.76. The van der Waals surface area contributed by atoms with Crippen LogP contribution >= 0.6 is 24.0 Å². The van der Waals surface area contributed by atoms with Gasteiger partial charge in [0, 0.05) is 38.8 Å². The predicted octanol–water partition coefficient (Wildman–Crippen LogP) is 3.43. The van der Waals surface area contributed by atoms with Gasteiger partial charge in [0.25, 0.3) is 0 Å². The van der Waals surface area contributed by atoms with Crippen molar-refractivity contribution in [3.05, 3.63) is 77.9 Å². The molecule has 1 heterocycles. The second-order valence-electron chi connectivity index (χ2n) is 8.28. The van der Waals surface area contributed by atoms with Crippen molar-refractivity contribution in [1.82, 2.24) is 15.5 Å². The lowest BCUT2D eigenvalue weighted by molar-refractivity contribution is -0.123. The van der Waals surface area contributed by atoms with Crippen LogP contribution < -0.4 is 21.1 Å². The first kappa shape index (κ1) is 27.7. The monoisotopic (exact) mass is 577 g/mol. The van der Waals surface area contributed by atoms with Crippen molar-refractivity contribution in [2.45, 2.75) is 32.5 Å². The molecule has 0 aromatic heterocycles. The fourth-order valence-electron chi connectivity index (χ4n) is 4.05. The number of rotatable bonds is 10. The van der Waals surface area contributed by atoms with Crippen molar-refractivity contribution in [1.29, 1.82) is 0 Å². The van der Waals surface area contributed by atoms with Crippen molar-refractivity contribution in [2.24, 2.45) is 16.6 Å². The Balaban J connectivity index is 0.00000408. The number of ether oxygens (including phenoxy) is 1. The molecule has 34 heavy (non-hydrogen) atoms. The molecule has 0 spiro atoms. The summed E-state index contributed by atoms with van der Waals surface area (Å²) in [7, 11) is 1.76. The molecule has 7 nitrogen and oxygen atoms in total. The van der Waals surface area contributed by atoms with Gasteiger partial charge in [-0.2, -0.15) is 0 Å². The molecule has 1 saturated heterocycles. The first-order valence-electron chi connectivity index (χ1n) is 11.4. The number of carbonyl (C=O) groups is 1. The van der Waals surface area contributed by atoms with Crippen LogP contribution in [0.3, 0.4) is 0 Å². The third-order valence-corrected chi connectivity index (χ3v) is 5.76. The molecular weight excluding hydrogens is 541 g/mol. The van der Waals surface area contributed by atoms with Crippen LogP contribution in [0, 0.1) is 5.92 Å². The van der Waals surface area contributed by atoms with E-state index in [1.807, 2.05) is 24.3 Å². The number of nitrogens with two attached hydrogens (primary N) is 1. The Kier molecular flexibility index (Phi) is 11.9. The third kappa shape index (κ3) is 8.64. The average molecular weight is 578 g/mol. The standard InChI is InChI=1S/C26H35N5O2.HI/c1-3-14-33-24-12-5-4-10-22(24)17-30-26(28-2)29-16-20-8-6-9-21(15-20)18-31-13-7-11-23(19-31)25(27)32;/h3-6,8-10,12,15,23H,1,7,11,13-14,16-19H2,2H3,(H2,27,32)(H2,28,29,30);1H. The highest BCUT2D eigenvalue weighted by molar-refractivity contribution is 14.0. The van der Waals surface area contributed by atoms with Crippen LogP contribution in [-0.4, -0.2) is 43.5 Å². The number of guanidine groups is 1. The van der Waals surface area contributed by atoms with Gasteiger partial charge in [-0.3, -0.25) is 14.7 Å². The SMILES string of the molecule is C=CCOc1ccccc1CNC(=NC)NCc1cccc(CN2CCCC(C(N)=O)C2)c1.I. The predicted molar refractivity (Wildman–Crippen MR) is 148 cm³/mol. The zero-order valence-electron chi connectivity index (χ0n) is 19.8. The van der Waals surface area contributed by atoms with Gasteiger partial charge in [0.05, 0.1) is 5.92 Å². The van der Waals surface area contributed by atoms with Crippen molar-refractivity contribution >= 4 is 35.8 Å². The minimum Gasteiger partial charge on any atom is -0.489 e. The van der Waals surface area contributed by atoms with Crippen LogP contribution in [0.25, 0.3) is 0 Å². The van der Waals surface area contributed by atoms with Gasteiger partial charge < -0.3 is 21.1 Å². The zero-order valence-corrected chi connectivity index (χ0v) is 22.2. The van der Waals surface area contributed by atoms with E-state index in [-0.39, 0.29) is 35.8 Å². The molecule has 1 unspecified atom stereocenters. The van der Waals surface area contributed by atoms with Gasteiger partial charge in [-0.1, -0.05) is 55.1 Å². The van der Waals surface area contributed by atoms with Crippen molar-refractivity contribution in [3.63, 3.8) is 0 Å². The van der Waals surface area contributed by atoms with E-state index in [9.17, 15) is 4.79 Å². The van der Waals surface area contributed by atoms with Crippen molar-refractivity contribution in [3.8, 4) is 5.75 Å². The molecule has 2 aromatic carbocycles. The summed E-state index contributed by atoms with van der Waals surface area (Å²) in [5.41, 5.74) is 8.98. The fraction of sp³-hybridized carbons (Fsp3) is 0.385. The Labute approximate surface area is 219 Å². The maximum Gasteiger partial charge on any atom is 0.221 e. The number of primary amides is 1. The molecule has 0 bridgehead atoms. The molecule has 8 heteroatoms. The number of hydrogen-bond donors (Lipinski definition) is 3. The van der Waals surface area contributed by atoms with E-state index in [0.29, 0.717) is 19.7 Å². The quantitative estimate of drug-likeness (QED) is 0.174. The first-order valence-corrected chi connectivity index (χ1v) is 11.4. The number of para-hydroxylation sites is 1. The van der Waals surface area contributed by atoms with Gasteiger partial charge in [-0.15, -0.1) is 24.0 Å². The Morgan fingerprint density at radius 1 is 1.21 bits per heavy atom. The Hall–Kier alpha value is -2.59. The molecule has 2 aromatic rings. The van der Waals surface area contributed by atoms with Gasteiger partial charge >= 0.3 is 0 Å². The number of benzene rings is 2. The first-order chi connectivity index (χ1) is 16.1. The summed E-state index contributed by atoms with van der Waals surface area (Å²) < 4.78 is 5.73. The van der Waals surface area contributed by atoms with Crippen LogP contribution in [0.1, 0.15) is 29.5 Å². The normalized spacial score (nSPS) is 16.3. The Morgan fingerprint density at radius 2 is 1.97 bits per heavy atom. The molecule has 184 valence electrons. The number of carbonyl (C=O) groups excluding carboxylic acids is 1. The van der Waals surface area contributed by atoms with Crippen LogP contribution in [0.5, 0.6) is 5.75 Å². The molecule has 4 N–H and O–H groups in total. The van der Waals surface area contributed by atoms with Gasteiger partial charge in [-0.25, -0.2) is 0 Å². The van der Waals surface area contributed by atoms with E-state index in [1.165, 1.54) is 11.1 Å². The van der Waals surface area contributed by atoms with E-state index in [0.717, 1.165) is 49.7 Å². The maximum absolute atomic E-state index is 11.6. The van der Waals surface area contributed by atoms with Gasteiger partial charge in [0.15, 0.2) is 5.96 Å². The summed E-state index contributed by atoms with van der Waals surface area (Å²) in [5, 5.41) is 6.73. The van der Waals surface area contributed by atoms with Crippen LogP contribution in [-0.2, 0) is 24.4 Å². The molecular formula is C26H36IN5O2. The van der Waals surface area contributed by atoms with Gasteiger partial charge in [0.1, 0.15) is 12.4 Å². The second kappa shape index (κ2) is 14.6. The summed E-state index contributed by atoms with van der Waals surface area (Å²) >= 11 is 0. The van der Waals surface area contributed by atoms with E-state index in [1.54, 1.807) is 13.1 Å². The molecule has 1 aliphatic heterocycles. The minimum absolute atomic E-state index is 0. The van der Waals surface area contributed by atoms with Crippen LogP contribution in [0.4, 0.5) is 0 Å². The Bertz CT molecular complexity index is 966. The smallest absolute Gasteiger partial charge is 0.221 e. The number of hydrogen-bond acceptors (Lipinski definition) is 4. The highest BCUT2D eigenvalue weighted by Gasteiger charge is 2.23. The Morgan fingerprint density at radius 3 is 2.74 bits per heavy atom. The van der Waals surface area contributed by atoms with Crippen molar-refractivity contribution in [2.75, 3.05) is 26.7 Å². The topological polar surface area (TPSA) is 92.0 Å². The molecule has 1 atom stereocenters. The molecule has 1 fully saturated rings. The lowest BCUT2D eigenvalue weighted by atomic mass is 9.97. The summed E-state index contributed by atoms with van der Waals surface area (Å²) in [5.74, 6) is 1.33. The highest BCUT2D eigenvalue weighted by Crippen LogP contribution is 2.19. The van der Waals surface area contributed by atoms with E-state index in [2.05, 4.69) is 51.4 Å². The van der Waals surface area contributed by atoms with Crippen LogP contribution in [0.2, 0.25) is 0 Å². The summed E-state index contributed by atoms with van der Waals surface area (Å²) in [4.78, 5) is 18.2. The molecule has 0 saturated carbocycles. The molecule has 0 radical (unpaired) electrons. The zero-order chi connectivity index (χ0) is 23.5. The van der Waals surface area contributed by atoms with Crippen molar-refractivity contribution < 1.29 is 9.53 Å². The van der Waals surface area contributed by atoms with Crippen LogP contribution in [0.15, 0.2) is 66.2 Å². The average Bonchev–Trinajstić information content (AvgIpc) is 2.84. The van der Waals surface area contributed by atoms with Gasteiger partial charge in [-0.05, 0) is 36.6 Å². The number of amides is 1. The second-order valence-corrected chi connectivity index (χ2v) is 8.28.